The van der Waals surface area contributed by atoms with Gasteiger partial charge in [0, 0.05) is 24.3 Å². The number of amides is 2. The summed E-state index contributed by atoms with van der Waals surface area (Å²) < 4.78 is 3.51. The molecule has 2 aromatic heterocycles. The summed E-state index contributed by atoms with van der Waals surface area (Å²) >= 11 is 0. The molecule has 0 aliphatic rings. The minimum absolute atomic E-state index is 0.0255. The molecular formula is C26H30N6O4. The Bertz CT molecular complexity index is 1580. The van der Waals surface area contributed by atoms with E-state index in [1.807, 2.05) is 38.1 Å². The first-order chi connectivity index (χ1) is 17.1. The average Bonchev–Trinajstić information content (AvgIpc) is 3.18. The highest BCUT2D eigenvalue weighted by atomic mass is 16.2. The first-order valence-electron chi connectivity index (χ1n) is 11.9. The Balaban J connectivity index is 1.71. The number of carbonyl (C=O) groups excluding carboxylic acids is 2. The highest BCUT2D eigenvalue weighted by molar-refractivity contribution is 5.98. The Morgan fingerprint density at radius 3 is 2.36 bits per heavy atom. The number of fused-ring (bicyclic) bond motifs is 3. The van der Waals surface area contributed by atoms with Crippen LogP contribution < -0.4 is 21.9 Å². The number of aryl methyl sites for hydroxylation is 1. The van der Waals surface area contributed by atoms with Crippen LogP contribution in [0.25, 0.3) is 16.7 Å². The van der Waals surface area contributed by atoms with Gasteiger partial charge in [-0.3, -0.25) is 19.0 Å². The maximum atomic E-state index is 13.3. The molecule has 0 radical (unpaired) electrons. The SMILES string of the molecule is CC[C@@H](C)NC(=O)c1ccc2c(=O)n(C)c3nn(CC(=O)Nc4ccc(C(C)C)cc4)c(=O)n3c2c1. The van der Waals surface area contributed by atoms with Crippen LogP contribution in [0.15, 0.2) is 52.1 Å². The minimum Gasteiger partial charge on any atom is -0.350 e. The molecule has 4 rings (SSSR count). The number of nitrogens with one attached hydrogen (secondary N) is 2. The number of hydrogen-bond donors (Lipinski definition) is 2. The van der Waals surface area contributed by atoms with Crippen molar-refractivity contribution in [3.8, 4) is 0 Å². The van der Waals surface area contributed by atoms with E-state index < -0.39 is 11.6 Å². The van der Waals surface area contributed by atoms with Gasteiger partial charge < -0.3 is 10.6 Å². The van der Waals surface area contributed by atoms with Crippen LogP contribution in [0.4, 0.5) is 5.69 Å². The Morgan fingerprint density at radius 1 is 1.03 bits per heavy atom. The molecule has 2 amide bonds. The standard InChI is InChI=1S/C26H30N6O4/c1-6-16(4)27-23(34)18-9-12-20-21(13-18)32-25(30(5)24(20)35)29-31(26(32)36)14-22(33)28-19-10-7-17(8-11-19)15(2)3/h7-13,15-16H,6,14H2,1-5H3,(H,27,34)(H,28,33)/t16-/m1/s1. The topological polar surface area (TPSA) is 120 Å². The molecule has 188 valence electrons. The van der Waals surface area contributed by atoms with E-state index in [1.54, 1.807) is 6.07 Å². The summed E-state index contributed by atoms with van der Waals surface area (Å²) in [5.41, 5.74) is 1.38. The summed E-state index contributed by atoms with van der Waals surface area (Å²) in [6, 6.07) is 12.1. The predicted octanol–water partition coefficient (Wildman–Crippen LogP) is 2.64. The molecule has 2 heterocycles. The van der Waals surface area contributed by atoms with Crippen LogP contribution in [0.2, 0.25) is 0 Å². The lowest BCUT2D eigenvalue weighted by Crippen LogP contribution is -2.32. The van der Waals surface area contributed by atoms with Crippen molar-refractivity contribution in [1.82, 2.24) is 24.1 Å². The molecule has 0 fully saturated rings. The van der Waals surface area contributed by atoms with Crippen molar-refractivity contribution in [2.45, 2.75) is 52.6 Å². The first-order valence-corrected chi connectivity index (χ1v) is 11.9. The Hall–Kier alpha value is -4.21. The van der Waals surface area contributed by atoms with E-state index in [0.29, 0.717) is 17.2 Å². The summed E-state index contributed by atoms with van der Waals surface area (Å²) in [7, 11) is 1.51. The molecule has 0 spiro atoms. The molecule has 0 aliphatic carbocycles. The molecule has 0 saturated carbocycles. The molecule has 0 aliphatic heterocycles. The van der Waals surface area contributed by atoms with E-state index in [9.17, 15) is 19.2 Å². The molecule has 0 unspecified atom stereocenters. The number of nitrogens with zero attached hydrogens (tertiary/aromatic N) is 4. The number of aromatic nitrogens is 4. The van der Waals surface area contributed by atoms with Crippen LogP contribution in [0.1, 0.15) is 56.0 Å². The van der Waals surface area contributed by atoms with Gasteiger partial charge in [0.2, 0.25) is 11.7 Å². The van der Waals surface area contributed by atoms with Crippen LogP contribution in [0, 0.1) is 0 Å². The summed E-state index contributed by atoms with van der Waals surface area (Å²) in [5.74, 6) is -0.287. The monoisotopic (exact) mass is 490 g/mol. The lowest BCUT2D eigenvalue weighted by molar-refractivity contribution is -0.117. The van der Waals surface area contributed by atoms with E-state index >= 15 is 0 Å². The number of anilines is 1. The third-order valence-electron chi connectivity index (χ3n) is 6.30. The molecule has 0 saturated heterocycles. The number of benzene rings is 2. The summed E-state index contributed by atoms with van der Waals surface area (Å²) in [6.07, 6.45) is 0.764. The first kappa shape index (κ1) is 24.9. The predicted molar refractivity (Wildman–Crippen MR) is 139 cm³/mol. The zero-order valence-electron chi connectivity index (χ0n) is 21.0. The smallest absolute Gasteiger partial charge is 0.350 e. The molecule has 4 aromatic rings. The van der Waals surface area contributed by atoms with Crippen molar-refractivity contribution in [3.05, 3.63) is 74.4 Å². The van der Waals surface area contributed by atoms with Crippen molar-refractivity contribution >= 4 is 34.2 Å². The van der Waals surface area contributed by atoms with Gasteiger partial charge in [0.25, 0.3) is 11.5 Å². The molecule has 10 heteroatoms. The summed E-state index contributed by atoms with van der Waals surface area (Å²) in [4.78, 5) is 51.5. The van der Waals surface area contributed by atoms with Crippen LogP contribution in [0.3, 0.4) is 0 Å². The van der Waals surface area contributed by atoms with Gasteiger partial charge in [0.05, 0.1) is 10.9 Å². The fourth-order valence-corrected chi connectivity index (χ4v) is 3.93. The summed E-state index contributed by atoms with van der Waals surface area (Å²) in [5, 5.41) is 10.2. The average molecular weight is 491 g/mol. The highest BCUT2D eigenvalue weighted by Gasteiger charge is 2.19. The lowest BCUT2D eigenvalue weighted by atomic mass is 10.0. The maximum Gasteiger partial charge on any atom is 0.352 e. The van der Waals surface area contributed by atoms with Crippen molar-refractivity contribution in [3.63, 3.8) is 0 Å². The highest BCUT2D eigenvalue weighted by Crippen LogP contribution is 2.17. The van der Waals surface area contributed by atoms with Gasteiger partial charge in [-0.1, -0.05) is 32.9 Å². The van der Waals surface area contributed by atoms with Gasteiger partial charge in [0.1, 0.15) is 6.54 Å². The van der Waals surface area contributed by atoms with Gasteiger partial charge in [-0.2, -0.15) is 0 Å². The van der Waals surface area contributed by atoms with Crippen molar-refractivity contribution in [1.29, 1.82) is 0 Å². The Labute approximate surface area is 207 Å². The fourth-order valence-electron chi connectivity index (χ4n) is 3.93. The van der Waals surface area contributed by atoms with E-state index in [0.717, 1.165) is 16.7 Å². The van der Waals surface area contributed by atoms with E-state index in [4.69, 9.17) is 0 Å². The second-order valence-electron chi connectivity index (χ2n) is 9.28. The third-order valence-corrected chi connectivity index (χ3v) is 6.30. The summed E-state index contributed by atoms with van der Waals surface area (Å²) in [6.45, 7) is 7.69. The number of carbonyl (C=O) groups is 2. The van der Waals surface area contributed by atoms with Crippen LogP contribution in [0.5, 0.6) is 0 Å². The Morgan fingerprint density at radius 2 is 1.72 bits per heavy atom. The normalized spacial score (nSPS) is 12.3. The molecule has 2 N–H and O–H groups in total. The fraction of sp³-hybridized carbons (Fsp3) is 0.346. The zero-order chi connectivity index (χ0) is 26.1. The second kappa shape index (κ2) is 9.80. The van der Waals surface area contributed by atoms with Gasteiger partial charge >= 0.3 is 5.69 Å². The minimum atomic E-state index is -0.588. The molecule has 36 heavy (non-hydrogen) atoms. The van der Waals surface area contributed by atoms with Crippen LogP contribution in [-0.4, -0.2) is 36.6 Å². The van der Waals surface area contributed by atoms with Crippen LogP contribution in [-0.2, 0) is 18.4 Å². The largest absolute Gasteiger partial charge is 0.352 e. The molecule has 2 aromatic carbocycles. The lowest BCUT2D eigenvalue weighted by Gasteiger charge is -2.12. The quantitative estimate of drug-likeness (QED) is 0.413. The Kier molecular flexibility index (Phi) is 6.78. The number of hydrogen-bond acceptors (Lipinski definition) is 5. The van der Waals surface area contributed by atoms with E-state index in [-0.39, 0.29) is 40.7 Å². The number of rotatable bonds is 7. The van der Waals surface area contributed by atoms with Crippen molar-refractivity contribution in [2.24, 2.45) is 7.05 Å². The van der Waals surface area contributed by atoms with Crippen LogP contribution >= 0.6 is 0 Å². The molecule has 10 nitrogen and oxygen atoms in total. The van der Waals surface area contributed by atoms with Gasteiger partial charge in [-0.25, -0.2) is 13.9 Å². The molecular weight excluding hydrogens is 460 g/mol. The van der Waals surface area contributed by atoms with Gasteiger partial charge in [0.15, 0.2) is 0 Å². The molecule has 1 atom stereocenters. The van der Waals surface area contributed by atoms with Gasteiger partial charge in [-0.15, -0.1) is 5.10 Å². The van der Waals surface area contributed by atoms with E-state index in [2.05, 4.69) is 29.6 Å². The van der Waals surface area contributed by atoms with E-state index in [1.165, 1.54) is 28.1 Å². The zero-order valence-corrected chi connectivity index (χ0v) is 21.0. The van der Waals surface area contributed by atoms with Crippen molar-refractivity contribution in [2.75, 3.05) is 5.32 Å². The second-order valence-corrected chi connectivity index (χ2v) is 9.28. The third kappa shape index (κ3) is 4.66. The van der Waals surface area contributed by atoms with Gasteiger partial charge in [-0.05, 0) is 55.2 Å². The van der Waals surface area contributed by atoms with Crippen molar-refractivity contribution < 1.29 is 9.59 Å². The molecule has 0 bridgehead atoms. The maximum absolute atomic E-state index is 13.3.